The predicted molar refractivity (Wildman–Crippen MR) is 74.9 cm³/mol. The van der Waals surface area contributed by atoms with Crippen LogP contribution in [0.1, 0.15) is 52.9 Å². The Morgan fingerprint density at radius 3 is 2.65 bits per heavy atom. The summed E-state index contributed by atoms with van der Waals surface area (Å²) in [6.45, 7) is 7.23. The summed E-state index contributed by atoms with van der Waals surface area (Å²) in [6.07, 6.45) is 13.5. The van der Waals surface area contributed by atoms with Crippen LogP contribution in [0.4, 0.5) is 0 Å². The van der Waals surface area contributed by atoms with Crippen LogP contribution in [0.25, 0.3) is 0 Å². The molecule has 0 aliphatic rings. The van der Waals surface area contributed by atoms with Gasteiger partial charge in [-0.2, -0.15) is 0 Å². The van der Waals surface area contributed by atoms with Gasteiger partial charge in [-0.1, -0.05) is 58.3 Å². The highest BCUT2D eigenvalue weighted by Crippen LogP contribution is 1.99. The molecule has 1 atom stereocenters. The smallest absolute Gasteiger partial charge is 0.243 e. The van der Waals surface area contributed by atoms with Crippen LogP contribution in [0, 0.1) is 5.92 Å². The molecule has 0 saturated heterocycles. The van der Waals surface area contributed by atoms with Crippen LogP contribution in [0.2, 0.25) is 0 Å². The molecule has 17 heavy (non-hydrogen) atoms. The first-order valence-electron chi connectivity index (χ1n) is 6.81. The number of amides is 1. The van der Waals surface area contributed by atoms with Gasteiger partial charge in [0.25, 0.3) is 0 Å². The molecule has 2 heteroatoms. The molecule has 98 valence electrons. The number of unbranched alkanes of at least 4 members (excludes halogenated alkanes) is 3. The van der Waals surface area contributed by atoms with Gasteiger partial charge in [0.05, 0.1) is 0 Å². The third-order valence-corrected chi connectivity index (χ3v) is 2.79. The van der Waals surface area contributed by atoms with Crippen LogP contribution < -0.4 is 5.32 Å². The predicted octanol–water partition coefficient (Wildman–Crippen LogP) is 3.84. The van der Waals surface area contributed by atoms with E-state index in [0.29, 0.717) is 5.92 Å². The zero-order chi connectivity index (χ0) is 12.9. The van der Waals surface area contributed by atoms with Gasteiger partial charge in [-0.05, 0) is 18.8 Å². The fourth-order valence-corrected chi connectivity index (χ4v) is 1.31. The molecule has 0 fully saturated rings. The molecule has 0 aromatic heterocycles. The summed E-state index contributed by atoms with van der Waals surface area (Å²) < 4.78 is 0. The molecule has 0 spiro atoms. The summed E-state index contributed by atoms with van der Waals surface area (Å²) in [5.74, 6) is 0.556. The van der Waals surface area contributed by atoms with Crippen molar-refractivity contribution in [2.24, 2.45) is 5.92 Å². The molecule has 0 aliphatic heterocycles. The Labute approximate surface area is 106 Å². The van der Waals surface area contributed by atoms with Crippen molar-refractivity contribution in [1.82, 2.24) is 5.32 Å². The number of rotatable bonds is 9. The van der Waals surface area contributed by atoms with E-state index < -0.39 is 0 Å². The average molecular weight is 237 g/mol. The van der Waals surface area contributed by atoms with Crippen LogP contribution in [-0.4, -0.2) is 12.5 Å². The zero-order valence-corrected chi connectivity index (χ0v) is 11.5. The van der Waals surface area contributed by atoms with Gasteiger partial charge in [0.15, 0.2) is 0 Å². The summed E-state index contributed by atoms with van der Waals surface area (Å²) in [7, 11) is 0. The van der Waals surface area contributed by atoms with Gasteiger partial charge in [0.1, 0.15) is 0 Å². The van der Waals surface area contributed by atoms with E-state index in [1.165, 1.54) is 19.3 Å². The van der Waals surface area contributed by atoms with Crippen LogP contribution in [-0.2, 0) is 4.79 Å². The second kappa shape index (κ2) is 11.4. The SMILES string of the molecule is CCCCCC=CC=CC(=O)NCC(C)CC. The minimum Gasteiger partial charge on any atom is -0.352 e. The van der Waals surface area contributed by atoms with E-state index in [1.54, 1.807) is 6.08 Å². The zero-order valence-electron chi connectivity index (χ0n) is 11.5. The highest BCUT2D eigenvalue weighted by Gasteiger charge is 1.99. The minimum absolute atomic E-state index is 0.00325. The molecular weight excluding hydrogens is 210 g/mol. The van der Waals surface area contributed by atoms with Crippen molar-refractivity contribution in [2.75, 3.05) is 6.54 Å². The van der Waals surface area contributed by atoms with Crippen molar-refractivity contribution < 1.29 is 4.79 Å². The normalized spacial score (nSPS) is 13.4. The van der Waals surface area contributed by atoms with Crippen molar-refractivity contribution >= 4 is 5.91 Å². The van der Waals surface area contributed by atoms with Crippen molar-refractivity contribution in [3.63, 3.8) is 0 Å². The fourth-order valence-electron chi connectivity index (χ4n) is 1.31. The molecule has 0 aromatic rings. The summed E-state index contributed by atoms with van der Waals surface area (Å²) in [5.41, 5.74) is 0. The number of allylic oxidation sites excluding steroid dienone is 3. The first kappa shape index (κ1) is 16.0. The van der Waals surface area contributed by atoms with Crippen LogP contribution in [0.15, 0.2) is 24.3 Å². The summed E-state index contributed by atoms with van der Waals surface area (Å²) in [5, 5.41) is 2.88. The van der Waals surface area contributed by atoms with Crippen molar-refractivity contribution in [2.45, 2.75) is 52.9 Å². The van der Waals surface area contributed by atoms with Gasteiger partial charge in [0.2, 0.25) is 5.91 Å². The summed E-state index contributed by atoms with van der Waals surface area (Å²) in [6, 6.07) is 0. The lowest BCUT2D eigenvalue weighted by Crippen LogP contribution is -2.26. The number of carbonyl (C=O) groups is 1. The highest BCUT2D eigenvalue weighted by atomic mass is 16.1. The summed E-state index contributed by atoms with van der Waals surface area (Å²) in [4.78, 5) is 11.4. The second-order valence-electron chi connectivity index (χ2n) is 4.54. The molecule has 0 radical (unpaired) electrons. The Balaban J connectivity index is 3.59. The molecule has 0 rings (SSSR count). The van der Waals surface area contributed by atoms with Crippen molar-refractivity contribution in [3.05, 3.63) is 24.3 Å². The van der Waals surface area contributed by atoms with Gasteiger partial charge < -0.3 is 5.32 Å². The molecule has 0 saturated carbocycles. The largest absolute Gasteiger partial charge is 0.352 e. The topological polar surface area (TPSA) is 29.1 Å². The van der Waals surface area contributed by atoms with E-state index >= 15 is 0 Å². The molecule has 0 aliphatic carbocycles. The lowest BCUT2D eigenvalue weighted by atomic mass is 10.1. The minimum atomic E-state index is 0.00325. The quantitative estimate of drug-likeness (QED) is 0.368. The monoisotopic (exact) mass is 237 g/mol. The first-order valence-corrected chi connectivity index (χ1v) is 6.81. The highest BCUT2D eigenvalue weighted by molar-refractivity contribution is 5.87. The van der Waals surface area contributed by atoms with E-state index in [-0.39, 0.29) is 5.91 Å². The maximum absolute atomic E-state index is 11.4. The number of hydrogen-bond donors (Lipinski definition) is 1. The molecule has 2 nitrogen and oxygen atoms in total. The van der Waals surface area contributed by atoms with Crippen LogP contribution in [0.3, 0.4) is 0 Å². The van der Waals surface area contributed by atoms with Crippen molar-refractivity contribution in [3.8, 4) is 0 Å². The van der Waals surface area contributed by atoms with E-state index in [4.69, 9.17) is 0 Å². The average Bonchev–Trinajstić information content (AvgIpc) is 2.34. The molecule has 0 aromatic carbocycles. The summed E-state index contributed by atoms with van der Waals surface area (Å²) >= 11 is 0. The maximum Gasteiger partial charge on any atom is 0.243 e. The molecular formula is C15H27NO. The Hall–Kier alpha value is -1.05. The Bertz CT molecular complexity index is 243. The standard InChI is InChI=1S/C15H27NO/c1-4-6-7-8-9-10-11-12-15(17)16-13-14(3)5-2/h9-12,14H,4-8,13H2,1-3H3,(H,16,17). The Morgan fingerprint density at radius 2 is 2.00 bits per heavy atom. The first-order chi connectivity index (χ1) is 8.20. The molecule has 1 N–H and O–H groups in total. The van der Waals surface area contributed by atoms with E-state index in [0.717, 1.165) is 19.4 Å². The fraction of sp³-hybridized carbons (Fsp3) is 0.667. The second-order valence-corrected chi connectivity index (χ2v) is 4.54. The van der Waals surface area contributed by atoms with Crippen molar-refractivity contribution in [1.29, 1.82) is 0 Å². The maximum atomic E-state index is 11.4. The van der Waals surface area contributed by atoms with Gasteiger partial charge in [-0.3, -0.25) is 4.79 Å². The van der Waals surface area contributed by atoms with Gasteiger partial charge in [0, 0.05) is 12.6 Å². The lowest BCUT2D eigenvalue weighted by Gasteiger charge is -2.07. The van der Waals surface area contributed by atoms with Gasteiger partial charge >= 0.3 is 0 Å². The number of hydrogen-bond acceptors (Lipinski definition) is 1. The van der Waals surface area contributed by atoms with Gasteiger partial charge in [-0.15, -0.1) is 0 Å². The van der Waals surface area contributed by atoms with E-state index in [1.807, 2.05) is 12.2 Å². The third-order valence-electron chi connectivity index (χ3n) is 2.79. The Morgan fingerprint density at radius 1 is 1.24 bits per heavy atom. The van der Waals surface area contributed by atoms with E-state index in [9.17, 15) is 4.79 Å². The Kier molecular flexibility index (Phi) is 10.7. The molecule has 0 bridgehead atoms. The molecule has 0 heterocycles. The third kappa shape index (κ3) is 11.2. The van der Waals surface area contributed by atoms with E-state index in [2.05, 4.69) is 32.2 Å². The number of nitrogens with one attached hydrogen (secondary N) is 1. The molecule has 1 amide bonds. The van der Waals surface area contributed by atoms with Crippen LogP contribution >= 0.6 is 0 Å². The van der Waals surface area contributed by atoms with Crippen LogP contribution in [0.5, 0.6) is 0 Å². The lowest BCUT2D eigenvalue weighted by molar-refractivity contribution is -0.116. The molecule has 1 unspecified atom stereocenters. The number of carbonyl (C=O) groups excluding carboxylic acids is 1. The van der Waals surface area contributed by atoms with Gasteiger partial charge in [-0.25, -0.2) is 0 Å².